The van der Waals surface area contributed by atoms with Crippen molar-refractivity contribution in [2.24, 2.45) is 5.73 Å². The van der Waals surface area contributed by atoms with Crippen molar-refractivity contribution in [1.82, 2.24) is 10.6 Å². The monoisotopic (exact) mass is 522 g/mol. The Hall–Kier alpha value is -4.12. The quantitative estimate of drug-likeness (QED) is 0.291. The van der Waals surface area contributed by atoms with Gasteiger partial charge in [-0.05, 0) is 30.3 Å². The number of halogens is 1. The molecular weight excluding hydrogens is 492 g/mol. The van der Waals surface area contributed by atoms with Crippen LogP contribution in [0.1, 0.15) is 54.8 Å². The van der Waals surface area contributed by atoms with Crippen LogP contribution in [0.2, 0.25) is 5.02 Å². The topological polar surface area (TPSA) is 188 Å². The number of aliphatic carboxylic acids is 1. The Bertz CT molecular complexity index is 1080. The summed E-state index contributed by atoms with van der Waals surface area (Å²) in [4.78, 5) is 58.5. The lowest BCUT2D eigenvalue weighted by molar-refractivity contribution is -0.140. The molecule has 0 fully saturated rings. The Balaban J connectivity index is 0.00000291. The van der Waals surface area contributed by atoms with Crippen LogP contribution in [0.15, 0.2) is 42.5 Å². The number of phenolic OH excluding ortho intramolecular Hbond substituents is 1. The average molecular weight is 523 g/mol. The van der Waals surface area contributed by atoms with Gasteiger partial charge in [-0.1, -0.05) is 45.4 Å². The summed E-state index contributed by atoms with van der Waals surface area (Å²) in [5.41, 5.74) is 5.23. The molecule has 0 heterocycles. The van der Waals surface area contributed by atoms with E-state index in [1.807, 2.05) is 27.7 Å². The largest absolute Gasteiger partial charge is 0.508 e. The molecule has 36 heavy (non-hydrogen) atoms. The maximum Gasteiger partial charge on any atom is 0.326 e. The first kappa shape index (κ1) is 31.9. The molecule has 0 aliphatic carbocycles. The van der Waals surface area contributed by atoms with E-state index < -0.39 is 42.1 Å². The molecule has 0 spiro atoms. The number of nitrogens with two attached hydrogens (primary N) is 1. The summed E-state index contributed by atoms with van der Waals surface area (Å²) >= 11 is 6.04. The first-order valence-electron chi connectivity index (χ1n) is 11.1. The van der Waals surface area contributed by atoms with E-state index in [0.717, 1.165) is 0 Å². The number of carboxylic acids is 1. The van der Waals surface area contributed by atoms with Gasteiger partial charge in [-0.25, -0.2) is 4.79 Å². The van der Waals surface area contributed by atoms with Gasteiger partial charge in [-0.3, -0.25) is 19.2 Å². The molecule has 12 heteroatoms. The van der Waals surface area contributed by atoms with Gasteiger partial charge in [0.05, 0.1) is 23.6 Å². The van der Waals surface area contributed by atoms with Gasteiger partial charge in [-0.2, -0.15) is 0 Å². The fraction of sp³-hybridized carbons (Fsp3) is 0.292. The fourth-order valence-electron chi connectivity index (χ4n) is 2.53. The molecule has 0 saturated carbocycles. The molecule has 0 radical (unpaired) electrons. The van der Waals surface area contributed by atoms with E-state index in [2.05, 4.69) is 16.0 Å². The van der Waals surface area contributed by atoms with Crippen LogP contribution in [-0.2, 0) is 14.4 Å². The normalized spacial score (nSPS) is 10.2. The molecular formula is C24H31ClN4O7. The lowest BCUT2D eigenvalue weighted by Crippen LogP contribution is -2.43. The molecule has 196 valence electrons. The van der Waals surface area contributed by atoms with E-state index in [0.29, 0.717) is 5.69 Å². The third-order valence-corrected chi connectivity index (χ3v) is 4.34. The highest BCUT2D eigenvalue weighted by Crippen LogP contribution is 2.19. The highest BCUT2D eigenvalue weighted by Gasteiger charge is 2.24. The highest BCUT2D eigenvalue weighted by molar-refractivity contribution is 6.34. The van der Waals surface area contributed by atoms with Gasteiger partial charge in [-0.15, -0.1) is 0 Å². The molecule has 4 amide bonds. The third-order valence-electron chi connectivity index (χ3n) is 4.02. The second-order valence-corrected chi connectivity index (χ2v) is 6.92. The molecule has 1 atom stereocenters. The number of primary amides is 1. The van der Waals surface area contributed by atoms with Crippen molar-refractivity contribution >= 4 is 46.9 Å². The molecule has 0 unspecified atom stereocenters. The molecule has 2 aromatic rings. The molecule has 0 aliphatic heterocycles. The molecule has 0 aromatic heterocycles. The number of carboxylic acid groups (broad SMARTS) is 1. The van der Waals surface area contributed by atoms with Gasteiger partial charge >= 0.3 is 5.97 Å². The maximum atomic E-state index is 12.3. The van der Waals surface area contributed by atoms with Gasteiger partial charge in [0.25, 0.3) is 11.8 Å². The van der Waals surface area contributed by atoms with Crippen molar-refractivity contribution in [3.8, 4) is 5.75 Å². The zero-order chi connectivity index (χ0) is 27.8. The summed E-state index contributed by atoms with van der Waals surface area (Å²) in [6.07, 6.45) is -0.607. The van der Waals surface area contributed by atoms with Crippen LogP contribution in [0, 0.1) is 0 Å². The minimum Gasteiger partial charge on any atom is -0.508 e. The Morgan fingerprint density at radius 3 is 2.14 bits per heavy atom. The summed E-state index contributed by atoms with van der Waals surface area (Å²) in [5.74, 6) is -4.46. The second kappa shape index (κ2) is 16.5. The molecule has 0 saturated heterocycles. The van der Waals surface area contributed by atoms with E-state index in [1.54, 1.807) is 6.07 Å². The number of hydrogen-bond donors (Lipinski definition) is 6. The van der Waals surface area contributed by atoms with Crippen LogP contribution >= 0.6 is 11.6 Å². The van der Waals surface area contributed by atoms with Crippen molar-refractivity contribution in [3.63, 3.8) is 0 Å². The van der Waals surface area contributed by atoms with E-state index >= 15 is 0 Å². The number of hydrogen-bond acceptors (Lipinski definition) is 6. The lowest BCUT2D eigenvalue weighted by atomic mass is 10.1. The number of nitrogens with one attached hydrogen (secondary N) is 3. The first-order chi connectivity index (χ1) is 17.1. The molecule has 0 aliphatic rings. The SMILES string of the molecule is CC.CC.NC(=O)C[C@H](NC(=O)c1ccc(C(=O)NCC(=O)Nc2cccc(O)c2)cc1Cl)C(=O)O. The van der Waals surface area contributed by atoms with Crippen LogP contribution in [-0.4, -0.2) is 52.4 Å². The van der Waals surface area contributed by atoms with Crippen LogP contribution in [0.4, 0.5) is 5.69 Å². The average Bonchev–Trinajstić information content (AvgIpc) is 2.84. The van der Waals surface area contributed by atoms with Crippen LogP contribution in [0.3, 0.4) is 0 Å². The number of anilines is 1. The minimum atomic E-state index is -1.54. The number of rotatable bonds is 9. The van der Waals surface area contributed by atoms with Crippen LogP contribution in [0.25, 0.3) is 0 Å². The number of carbonyl (C=O) groups is 5. The molecule has 2 rings (SSSR count). The van der Waals surface area contributed by atoms with Gasteiger partial charge in [0.2, 0.25) is 11.8 Å². The predicted octanol–water partition coefficient (Wildman–Crippen LogP) is 2.52. The molecule has 0 bridgehead atoms. The van der Waals surface area contributed by atoms with E-state index in [-0.39, 0.29) is 28.4 Å². The van der Waals surface area contributed by atoms with Gasteiger partial charge in [0, 0.05) is 17.3 Å². The smallest absolute Gasteiger partial charge is 0.326 e. The Kier molecular flexibility index (Phi) is 14.6. The number of aromatic hydroxyl groups is 1. The molecule has 11 nitrogen and oxygen atoms in total. The Morgan fingerprint density at radius 1 is 0.972 bits per heavy atom. The van der Waals surface area contributed by atoms with E-state index in [1.165, 1.54) is 36.4 Å². The molecule has 7 N–H and O–H groups in total. The van der Waals surface area contributed by atoms with Crippen molar-refractivity contribution in [2.75, 3.05) is 11.9 Å². The predicted molar refractivity (Wildman–Crippen MR) is 136 cm³/mol. The number of carbonyl (C=O) groups excluding carboxylic acids is 4. The van der Waals surface area contributed by atoms with E-state index in [4.69, 9.17) is 22.4 Å². The van der Waals surface area contributed by atoms with Crippen molar-refractivity contribution in [2.45, 2.75) is 40.2 Å². The van der Waals surface area contributed by atoms with Gasteiger partial charge in [0.15, 0.2) is 0 Å². The Labute approximate surface area is 214 Å². The maximum absolute atomic E-state index is 12.3. The summed E-state index contributed by atoms with van der Waals surface area (Å²) in [6.45, 7) is 7.63. The number of benzene rings is 2. The Morgan fingerprint density at radius 2 is 1.61 bits per heavy atom. The summed E-state index contributed by atoms with van der Waals surface area (Å²) < 4.78 is 0. The van der Waals surface area contributed by atoms with Gasteiger partial charge in [0.1, 0.15) is 11.8 Å². The summed E-state index contributed by atoms with van der Waals surface area (Å²) in [7, 11) is 0. The van der Waals surface area contributed by atoms with Gasteiger partial charge < -0.3 is 31.9 Å². The standard InChI is InChI=1S/C20H19ClN4O7.2C2H6/c21-14-6-10(4-5-13(14)19(30)25-15(20(31)32)8-16(22)27)18(29)23-9-17(28)24-11-2-1-3-12(26)7-11;2*1-2/h1-7,15,26H,8-9H2,(H2,22,27)(H,23,29)(H,24,28)(H,25,30)(H,31,32);2*1-2H3/t15-;;/m0../s1. The minimum absolute atomic E-state index is 0.0325. The number of phenols is 1. The van der Waals surface area contributed by atoms with Crippen LogP contribution < -0.4 is 21.7 Å². The van der Waals surface area contributed by atoms with E-state index in [9.17, 15) is 29.1 Å². The van der Waals surface area contributed by atoms with Crippen molar-refractivity contribution in [1.29, 1.82) is 0 Å². The molecule has 2 aromatic carbocycles. The number of amides is 4. The fourth-order valence-corrected chi connectivity index (χ4v) is 2.80. The third kappa shape index (κ3) is 10.9. The van der Waals surface area contributed by atoms with Crippen molar-refractivity contribution in [3.05, 3.63) is 58.6 Å². The van der Waals surface area contributed by atoms with Crippen molar-refractivity contribution < 1.29 is 34.2 Å². The first-order valence-corrected chi connectivity index (χ1v) is 11.4. The summed E-state index contributed by atoms with van der Waals surface area (Å²) in [6, 6.07) is 7.95. The lowest BCUT2D eigenvalue weighted by Gasteiger charge is -2.14. The zero-order valence-corrected chi connectivity index (χ0v) is 21.2. The summed E-state index contributed by atoms with van der Waals surface area (Å²) in [5, 5.41) is 25.3. The highest BCUT2D eigenvalue weighted by atomic mass is 35.5. The second-order valence-electron chi connectivity index (χ2n) is 6.51. The van der Waals surface area contributed by atoms with Crippen LogP contribution in [0.5, 0.6) is 5.75 Å². The zero-order valence-electron chi connectivity index (χ0n) is 20.4.